The third kappa shape index (κ3) is 6.23. The molecule has 0 heterocycles. The van der Waals surface area contributed by atoms with Crippen LogP contribution >= 0.6 is 0 Å². The minimum atomic E-state index is -0.674. The lowest BCUT2D eigenvalue weighted by Gasteiger charge is -2.22. The topological polar surface area (TPSA) is 43.4 Å². The molecule has 1 unspecified atom stereocenters. The lowest BCUT2D eigenvalue weighted by Crippen LogP contribution is -2.31. The number of carbonyl (C=O) groups excluding carboxylic acids is 2. The summed E-state index contributed by atoms with van der Waals surface area (Å²) in [7, 11) is 0. The zero-order valence-corrected chi connectivity index (χ0v) is 10.5. The molecule has 0 aliphatic rings. The van der Waals surface area contributed by atoms with Crippen LogP contribution in [0.3, 0.4) is 0 Å². The average molecular weight is 224 g/mol. The van der Waals surface area contributed by atoms with E-state index in [1.165, 1.54) is 6.92 Å². The highest BCUT2D eigenvalue weighted by Crippen LogP contribution is 2.16. The van der Waals surface area contributed by atoms with E-state index < -0.39 is 17.5 Å². The van der Waals surface area contributed by atoms with Gasteiger partial charge >= 0.3 is 5.97 Å². The van der Waals surface area contributed by atoms with Crippen LogP contribution in [-0.2, 0) is 14.3 Å². The molecule has 0 aromatic rings. The molecule has 0 saturated carbocycles. The van der Waals surface area contributed by atoms with Gasteiger partial charge in [0.05, 0.1) is 0 Å². The van der Waals surface area contributed by atoms with Crippen molar-refractivity contribution >= 4 is 11.8 Å². The lowest BCUT2D eigenvalue weighted by atomic mass is 9.98. The summed E-state index contributed by atoms with van der Waals surface area (Å²) < 4.78 is 5.18. The molecule has 3 heteroatoms. The maximum atomic E-state index is 11.7. The van der Waals surface area contributed by atoms with Crippen molar-refractivity contribution < 1.29 is 14.3 Å². The first-order valence-electron chi connectivity index (χ1n) is 5.44. The number of Topliss-reactive ketones (excluding diaryl/α,β-unsaturated/α-hetero) is 1. The molecule has 0 aliphatic heterocycles. The van der Waals surface area contributed by atoms with Gasteiger partial charge in [0.15, 0.2) is 0 Å². The first-order chi connectivity index (χ1) is 7.28. The molecule has 90 valence electrons. The fraction of sp³-hybridized carbons (Fsp3) is 0.692. The molecule has 0 rings (SSSR count). The van der Waals surface area contributed by atoms with Gasteiger partial charge < -0.3 is 4.74 Å². The number of rotatable bonds is 5. The fourth-order valence-electron chi connectivity index (χ4n) is 1.27. The van der Waals surface area contributed by atoms with Gasteiger partial charge in [-0.2, -0.15) is 0 Å². The van der Waals surface area contributed by atoms with Crippen molar-refractivity contribution in [2.75, 3.05) is 0 Å². The summed E-state index contributed by atoms with van der Waals surface area (Å²) in [6.07, 6.45) is 6.83. The number of terminal acetylenes is 1. The molecule has 0 aromatic carbocycles. The van der Waals surface area contributed by atoms with Crippen molar-refractivity contribution in [3.8, 4) is 12.3 Å². The molecule has 0 saturated heterocycles. The Kier molecular flexibility index (Phi) is 5.81. The Hall–Kier alpha value is -1.30. The first-order valence-corrected chi connectivity index (χ1v) is 5.44. The first kappa shape index (κ1) is 14.7. The van der Waals surface area contributed by atoms with Gasteiger partial charge in [0.2, 0.25) is 0 Å². The Balaban J connectivity index is 4.38. The average Bonchev–Trinajstić information content (AvgIpc) is 2.08. The number of hydrogen-bond donors (Lipinski definition) is 0. The summed E-state index contributed by atoms with van der Waals surface area (Å²) in [5.74, 6) is 1.20. The molecule has 16 heavy (non-hydrogen) atoms. The van der Waals surface area contributed by atoms with Crippen LogP contribution in [0.5, 0.6) is 0 Å². The number of ether oxygens (including phenoxy) is 1. The predicted molar refractivity (Wildman–Crippen MR) is 62.7 cm³/mol. The fourth-order valence-corrected chi connectivity index (χ4v) is 1.27. The molecule has 0 N–H and O–H groups in total. The van der Waals surface area contributed by atoms with Gasteiger partial charge in [-0.1, -0.05) is 0 Å². The summed E-state index contributed by atoms with van der Waals surface area (Å²) in [4.78, 5) is 23.0. The summed E-state index contributed by atoms with van der Waals surface area (Å²) in [5, 5.41) is 0. The number of unbranched alkanes of at least 4 members (excludes halogenated alkanes) is 1. The second kappa shape index (κ2) is 6.32. The Bertz CT molecular complexity index is 291. The maximum absolute atomic E-state index is 11.7. The van der Waals surface area contributed by atoms with E-state index in [-0.39, 0.29) is 5.78 Å². The van der Waals surface area contributed by atoms with Crippen LogP contribution in [0.25, 0.3) is 0 Å². The summed E-state index contributed by atoms with van der Waals surface area (Å²) >= 11 is 0. The molecule has 0 fully saturated rings. The van der Waals surface area contributed by atoms with Gasteiger partial charge in [0.25, 0.3) is 0 Å². The van der Waals surface area contributed by atoms with Gasteiger partial charge in [-0.3, -0.25) is 9.59 Å². The van der Waals surface area contributed by atoms with Crippen LogP contribution in [0.15, 0.2) is 0 Å². The van der Waals surface area contributed by atoms with Crippen molar-refractivity contribution in [3.63, 3.8) is 0 Å². The SMILES string of the molecule is C#CCCCC(C(C)=O)C(=O)OC(C)(C)C. The third-order valence-corrected chi connectivity index (χ3v) is 2.00. The molecule has 0 aromatic heterocycles. The highest BCUT2D eigenvalue weighted by atomic mass is 16.6. The Labute approximate surface area is 97.6 Å². The molecule has 3 nitrogen and oxygen atoms in total. The quantitative estimate of drug-likeness (QED) is 0.311. The molecule has 0 bridgehead atoms. The van der Waals surface area contributed by atoms with Crippen molar-refractivity contribution in [2.24, 2.45) is 5.92 Å². The predicted octanol–water partition coefficient (Wildman–Crippen LogP) is 2.34. The van der Waals surface area contributed by atoms with E-state index in [1.54, 1.807) is 20.8 Å². The van der Waals surface area contributed by atoms with Crippen molar-refractivity contribution in [2.45, 2.75) is 52.6 Å². The van der Waals surface area contributed by atoms with E-state index in [1.807, 2.05) is 0 Å². The number of hydrogen-bond acceptors (Lipinski definition) is 3. The van der Waals surface area contributed by atoms with Crippen LogP contribution in [0.4, 0.5) is 0 Å². The normalized spacial score (nSPS) is 12.7. The molecule has 1 atom stereocenters. The molecular weight excluding hydrogens is 204 g/mol. The monoisotopic (exact) mass is 224 g/mol. The minimum absolute atomic E-state index is 0.161. The molecular formula is C13H20O3. The van der Waals surface area contributed by atoms with E-state index in [9.17, 15) is 9.59 Å². The maximum Gasteiger partial charge on any atom is 0.316 e. The Morgan fingerprint density at radius 2 is 1.94 bits per heavy atom. The summed E-state index contributed by atoms with van der Waals surface area (Å²) in [5.41, 5.74) is -0.559. The molecule has 0 amide bonds. The van der Waals surface area contributed by atoms with Crippen molar-refractivity contribution in [1.82, 2.24) is 0 Å². The Morgan fingerprint density at radius 3 is 2.31 bits per heavy atom. The van der Waals surface area contributed by atoms with Crippen LogP contribution in [-0.4, -0.2) is 17.4 Å². The number of carbonyl (C=O) groups is 2. The summed E-state index contributed by atoms with van der Waals surface area (Å²) in [6, 6.07) is 0. The van der Waals surface area contributed by atoms with E-state index in [2.05, 4.69) is 5.92 Å². The standard InChI is InChI=1S/C13H20O3/c1-6-7-8-9-11(10(2)14)12(15)16-13(3,4)5/h1,11H,7-9H2,2-5H3. The van der Waals surface area contributed by atoms with E-state index in [4.69, 9.17) is 11.2 Å². The van der Waals surface area contributed by atoms with Gasteiger partial charge in [-0.05, 0) is 40.5 Å². The van der Waals surface area contributed by atoms with Gasteiger partial charge in [-0.25, -0.2) is 0 Å². The zero-order valence-electron chi connectivity index (χ0n) is 10.5. The summed E-state index contributed by atoms with van der Waals surface area (Å²) in [6.45, 7) is 6.75. The minimum Gasteiger partial charge on any atom is -0.459 e. The molecule has 0 aliphatic carbocycles. The van der Waals surface area contributed by atoms with Gasteiger partial charge in [-0.15, -0.1) is 12.3 Å². The highest BCUT2D eigenvalue weighted by molar-refractivity contribution is 5.97. The molecule has 0 spiro atoms. The van der Waals surface area contributed by atoms with Crippen LogP contribution in [0, 0.1) is 18.3 Å². The second-order valence-corrected chi connectivity index (χ2v) is 4.79. The largest absolute Gasteiger partial charge is 0.459 e. The van der Waals surface area contributed by atoms with E-state index in [0.29, 0.717) is 19.3 Å². The second-order valence-electron chi connectivity index (χ2n) is 4.79. The number of esters is 1. The van der Waals surface area contributed by atoms with Crippen LogP contribution in [0.1, 0.15) is 47.0 Å². The molecule has 0 radical (unpaired) electrons. The third-order valence-electron chi connectivity index (χ3n) is 2.00. The smallest absolute Gasteiger partial charge is 0.316 e. The van der Waals surface area contributed by atoms with E-state index >= 15 is 0 Å². The Morgan fingerprint density at radius 1 is 1.38 bits per heavy atom. The zero-order chi connectivity index (χ0) is 12.8. The van der Waals surface area contributed by atoms with Crippen molar-refractivity contribution in [3.05, 3.63) is 0 Å². The van der Waals surface area contributed by atoms with Gasteiger partial charge in [0.1, 0.15) is 17.3 Å². The number of ketones is 1. The van der Waals surface area contributed by atoms with Crippen molar-refractivity contribution in [1.29, 1.82) is 0 Å². The highest BCUT2D eigenvalue weighted by Gasteiger charge is 2.27. The van der Waals surface area contributed by atoms with Gasteiger partial charge in [0, 0.05) is 6.42 Å². The lowest BCUT2D eigenvalue weighted by molar-refractivity contribution is -0.162. The van der Waals surface area contributed by atoms with Crippen LogP contribution < -0.4 is 0 Å². The van der Waals surface area contributed by atoms with E-state index in [0.717, 1.165) is 0 Å². The van der Waals surface area contributed by atoms with Crippen LogP contribution in [0.2, 0.25) is 0 Å².